The van der Waals surface area contributed by atoms with E-state index < -0.39 is 12.2 Å². The van der Waals surface area contributed by atoms with E-state index in [1.54, 1.807) is 38.5 Å². The summed E-state index contributed by atoms with van der Waals surface area (Å²) >= 11 is 0. The van der Waals surface area contributed by atoms with Crippen molar-refractivity contribution in [3.8, 4) is 11.5 Å². The number of methoxy groups -OCH3 is 2. The normalized spacial score (nSPS) is 17.3. The second-order valence-corrected chi connectivity index (χ2v) is 7.73. The summed E-state index contributed by atoms with van der Waals surface area (Å²) in [5, 5.41) is 30.6. The van der Waals surface area contributed by atoms with Crippen molar-refractivity contribution in [3.05, 3.63) is 58.7 Å². The molecule has 29 heavy (non-hydrogen) atoms. The lowest BCUT2D eigenvalue weighted by Gasteiger charge is -2.33. The number of fused-ring (bicyclic) bond motifs is 1. The topological polar surface area (TPSA) is 82.4 Å². The van der Waals surface area contributed by atoms with Crippen LogP contribution in [-0.2, 0) is 19.6 Å². The van der Waals surface area contributed by atoms with Crippen LogP contribution in [0.2, 0.25) is 0 Å². The maximum absolute atomic E-state index is 10.7. The SMILES string of the molecule is COc1cc2c(cc1OC)CN(CC(O)C(C)C(O)c1ccc(CO)cc1)CC2. The third-order valence-corrected chi connectivity index (χ3v) is 5.85. The van der Waals surface area contributed by atoms with Crippen molar-refractivity contribution in [1.29, 1.82) is 0 Å². The standard InChI is InChI=1S/C23H31NO5/c1-15(23(27)17-6-4-16(14-25)5-7-17)20(26)13-24-9-8-18-10-21(28-2)22(29-3)11-19(18)12-24/h4-7,10-11,15,20,23,25-27H,8-9,12-14H2,1-3H3. The van der Waals surface area contributed by atoms with Gasteiger partial charge in [0.1, 0.15) is 0 Å². The van der Waals surface area contributed by atoms with E-state index in [4.69, 9.17) is 14.6 Å². The summed E-state index contributed by atoms with van der Waals surface area (Å²) < 4.78 is 10.8. The van der Waals surface area contributed by atoms with Gasteiger partial charge in [0.05, 0.1) is 33.0 Å². The van der Waals surface area contributed by atoms with Gasteiger partial charge in [0.2, 0.25) is 0 Å². The molecule has 0 bridgehead atoms. The Morgan fingerprint density at radius 3 is 2.21 bits per heavy atom. The smallest absolute Gasteiger partial charge is 0.161 e. The predicted octanol–water partition coefficient (Wildman–Crippen LogP) is 2.28. The van der Waals surface area contributed by atoms with Gasteiger partial charge in [0.25, 0.3) is 0 Å². The van der Waals surface area contributed by atoms with E-state index in [0.717, 1.165) is 36.4 Å². The van der Waals surface area contributed by atoms with E-state index in [0.29, 0.717) is 12.3 Å². The van der Waals surface area contributed by atoms with Gasteiger partial charge in [-0.25, -0.2) is 0 Å². The van der Waals surface area contributed by atoms with E-state index in [-0.39, 0.29) is 12.5 Å². The van der Waals surface area contributed by atoms with Gasteiger partial charge >= 0.3 is 0 Å². The zero-order chi connectivity index (χ0) is 21.0. The van der Waals surface area contributed by atoms with E-state index in [1.165, 1.54) is 11.1 Å². The van der Waals surface area contributed by atoms with Crippen LogP contribution in [0, 0.1) is 5.92 Å². The molecule has 6 heteroatoms. The molecule has 3 rings (SSSR count). The Morgan fingerprint density at radius 2 is 1.62 bits per heavy atom. The van der Waals surface area contributed by atoms with E-state index in [1.807, 2.05) is 19.1 Å². The summed E-state index contributed by atoms with van der Waals surface area (Å²) in [5.41, 5.74) is 3.96. The number of nitrogens with zero attached hydrogens (tertiary/aromatic N) is 1. The summed E-state index contributed by atoms with van der Waals surface area (Å²) in [5.74, 6) is 1.13. The molecule has 0 saturated heterocycles. The monoisotopic (exact) mass is 401 g/mol. The average Bonchev–Trinajstić information content (AvgIpc) is 2.76. The van der Waals surface area contributed by atoms with Crippen molar-refractivity contribution >= 4 is 0 Å². The number of aliphatic hydroxyl groups excluding tert-OH is 3. The van der Waals surface area contributed by atoms with Crippen molar-refractivity contribution in [3.63, 3.8) is 0 Å². The van der Waals surface area contributed by atoms with Crippen LogP contribution in [0.3, 0.4) is 0 Å². The van der Waals surface area contributed by atoms with Gasteiger partial charge < -0.3 is 24.8 Å². The first kappa shape index (κ1) is 21.6. The van der Waals surface area contributed by atoms with Crippen LogP contribution in [0.1, 0.15) is 35.3 Å². The van der Waals surface area contributed by atoms with Gasteiger partial charge in [0, 0.05) is 25.6 Å². The number of benzene rings is 2. The summed E-state index contributed by atoms with van der Waals surface area (Å²) in [7, 11) is 3.27. The number of aliphatic hydroxyl groups is 3. The predicted molar refractivity (Wildman–Crippen MR) is 111 cm³/mol. The molecule has 158 valence electrons. The molecule has 3 atom stereocenters. The fourth-order valence-corrected chi connectivity index (χ4v) is 3.86. The second kappa shape index (κ2) is 9.59. The fraction of sp³-hybridized carbons (Fsp3) is 0.478. The highest BCUT2D eigenvalue weighted by molar-refractivity contribution is 5.48. The Hall–Kier alpha value is -2.12. The molecule has 0 radical (unpaired) electrons. The van der Waals surface area contributed by atoms with Crippen molar-refractivity contribution < 1.29 is 24.8 Å². The summed E-state index contributed by atoms with van der Waals surface area (Å²) in [6, 6.07) is 11.2. The first-order chi connectivity index (χ1) is 14.0. The first-order valence-corrected chi connectivity index (χ1v) is 9.98. The minimum Gasteiger partial charge on any atom is -0.493 e. The van der Waals surface area contributed by atoms with Crippen LogP contribution in [0.15, 0.2) is 36.4 Å². The molecule has 0 aliphatic carbocycles. The lowest BCUT2D eigenvalue weighted by atomic mass is 9.91. The lowest BCUT2D eigenvalue weighted by molar-refractivity contribution is -0.000546. The van der Waals surface area contributed by atoms with Gasteiger partial charge in [-0.3, -0.25) is 4.90 Å². The van der Waals surface area contributed by atoms with Crippen LogP contribution in [-0.4, -0.2) is 53.6 Å². The zero-order valence-corrected chi connectivity index (χ0v) is 17.3. The summed E-state index contributed by atoms with van der Waals surface area (Å²) in [4.78, 5) is 2.21. The maximum atomic E-state index is 10.7. The van der Waals surface area contributed by atoms with Crippen LogP contribution < -0.4 is 9.47 Å². The molecule has 0 amide bonds. The molecule has 1 aliphatic rings. The highest BCUT2D eigenvalue weighted by atomic mass is 16.5. The van der Waals surface area contributed by atoms with Crippen LogP contribution in [0.25, 0.3) is 0 Å². The molecule has 0 fully saturated rings. The molecular weight excluding hydrogens is 370 g/mol. The van der Waals surface area contributed by atoms with Crippen LogP contribution >= 0.6 is 0 Å². The molecule has 1 aliphatic heterocycles. The Balaban J connectivity index is 1.64. The minimum absolute atomic E-state index is 0.0261. The zero-order valence-electron chi connectivity index (χ0n) is 17.3. The van der Waals surface area contributed by atoms with Crippen LogP contribution in [0.4, 0.5) is 0 Å². The van der Waals surface area contributed by atoms with Gasteiger partial charge in [0.15, 0.2) is 11.5 Å². The average molecular weight is 402 g/mol. The Kier molecular flexibility index (Phi) is 7.14. The van der Waals surface area contributed by atoms with Crippen molar-refractivity contribution in [2.75, 3.05) is 27.3 Å². The van der Waals surface area contributed by atoms with E-state index in [2.05, 4.69) is 4.90 Å². The number of ether oxygens (including phenoxy) is 2. The number of rotatable bonds is 8. The molecule has 3 unspecified atom stereocenters. The molecule has 0 spiro atoms. The number of hydrogen-bond acceptors (Lipinski definition) is 6. The van der Waals surface area contributed by atoms with Gasteiger partial charge in [-0.2, -0.15) is 0 Å². The molecule has 2 aromatic rings. The van der Waals surface area contributed by atoms with E-state index in [9.17, 15) is 10.2 Å². The highest BCUT2D eigenvalue weighted by Crippen LogP contribution is 2.33. The molecule has 1 heterocycles. The minimum atomic E-state index is -0.765. The number of hydrogen-bond donors (Lipinski definition) is 3. The fourth-order valence-electron chi connectivity index (χ4n) is 3.86. The lowest BCUT2D eigenvalue weighted by Crippen LogP contribution is -2.40. The van der Waals surface area contributed by atoms with Crippen molar-refractivity contribution in [2.45, 2.75) is 38.7 Å². The van der Waals surface area contributed by atoms with E-state index >= 15 is 0 Å². The highest BCUT2D eigenvalue weighted by Gasteiger charge is 2.27. The first-order valence-electron chi connectivity index (χ1n) is 9.98. The van der Waals surface area contributed by atoms with Gasteiger partial charge in [-0.15, -0.1) is 0 Å². The second-order valence-electron chi connectivity index (χ2n) is 7.73. The Morgan fingerprint density at radius 1 is 1.00 bits per heavy atom. The molecule has 0 saturated carbocycles. The molecule has 6 nitrogen and oxygen atoms in total. The van der Waals surface area contributed by atoms with Crippen molar-refractivity contribution in [1.82, 2.24) is 4.90 Å². The summed E-state index contributed by atoms with van der Waals surface area (Å²) in [6.45, 7) is 3.89. The largest absolute Gasteiger partial charge is 0.493 e. The summed E-state index contributed by atoms with van der Waals surface area (Å²) in [6.07, 6.45) is -0.550. The molecular formula is C23H31NO5. The maximum Gasteiger partial charge on any atom is 0.161 e. The molecule has 2 aromatic carbocycles. The van der Waals surface area contributed by atoms with Gasteiger partial charge in [-0.05, 0) is 40.8 Å². The van der Waals surface area contributed by atoms with Crippen LogP contribution in [0.5, 0.6) is 11.5 Å². The van der Waals surface area contributed by atoms with Gasteiger partial charge in [-0.1, -0.05) is 31.2 Å². The molecule has 0 aromatic heterocycles. The Bertz CT molecular complexity index is 808. The number of β-amino-alcohol motifs (C(OH)–C–C–N with tert-alkyl or cyclic N) is 1. The molecule has 3 N–H and O–H groups in total. The van der Waals surface area contributed by atoms with Crippen molar-refractivity contribution in [2.24, 2.45) is 5.92 Å². The Labute approximate surface area is 172 Å². The third kappa shape index (κ3) is 4.90. The third-order valence-electron chi connectivity index (χ3n) is 5.85. The quantitative estimate of drug-likeness (QED) is 0.630.